The lowest BCUT2D eigenvalue weighted by molar-refractivity contribution is -0.143. The zero-order valence-electron chi connectivity index (χ0n) is 17.1. The number of rotatable bonds is 7. The predicted molar refractivity (Wildman–Crippen MR) is 117 cm³/mol. The number of hydrogen-bond donors (Lipinski definition) is 0. The molecule has 2 aromatic carbocycles. The quantitative estimate of drug-likeness (QED) is 0.303. The molecule has 0 fully saturated rings. The molecule has 0 bridgehead atoms. The third-order valence-electron chi connectivity index (χ3n) is 4.83. The first kappa shape index (κ1) is 20.9. The number of benzene rings is 2. The number of ether oxygens (including phenoxy) is 1. The first-order valence-corrected chi connectivity index (χ1v) is 10.5. The number of thioether (sulfide) groups is 1. The van der Waals surface area contributed by atoms with E-state index in [2.05, 4.69) is 0 Å². The minimum absolute atomic E-state index is 0.172. The molecule has 1 atom stereocenters. The Morgan fingerprint density at radius 1 is 1.00 bits per heavy atom. The molecule has 3 aromatic rings. The molecule has 0 unspecified atom stereocenters. The maximum atomic E-state index is 12.9. The van der Waals surface area contributed by atoms with Gasteiger partial charge in [-0.15, -0.1) is 11.8 Å². The third-order valence-corrected chi connectivity index (χ3v) is 5.98. The summed E-state index contributed by atoms with van der Waals surface area (Å²) in [5.41, 5.74) is 4.50. The molecule has 0 aliphatic carbocycles. The van der Waals surface area contributed by atoms with Gasteiger partial charge < -0.3 is 9.30 Å². The van der Waals surface area contributed by atoms with Gasteiger partial charge in [-0.2, -0.15) is 0 Å². The molecule has 0 saturated heterocycles. The molecule has 3 rings (SSSR count). The van der Waals surface area contributed by atoms with Crippen molar-refractivity contribution in [2.24, 2.45) is 0 Å². The van der Waals surface area contributed by atoms with E-state index in [9.17, 15) is 9.59 Å². The van der Waals surface area contributed by atoms with Crippen molar-refractivity contribution in [2.45, 2.75) is 38.7 Å². The lowest BCUT2D eigenvalue weighted by Crippen LogP contribution is -2.25. The molecule has 1 heterocycles. The van der Waals surface area contributed by atoms with Crippen LogP contribution in [-0.4, -0.2) is 28.2 Å². The minimum Gasteiger partial charge on any atom is -0.454 e. The third kappa shape index (κ3) is 4.80. The van der Waals surface area contributed by atoms with Gasteiger partial charge in [0, 0.05) is 27.5 Å². The molecule has 0 saturated carbocycles. The van der Waals surface area contributed by atoms with E-state index in [-0.39, 0.29) is 11.5 Å². The summed E-state index contributed by atoms with van der Waals surface area (Å²) in [6.45, 7) is 7.51. The van der Waals surface area contributed by atoms with Crippen molar-refractivity contribution >= 4 is 23.5 Å². The normalized spacial score (nSPS) is 11.9. The summed E-state index contributed by atoms with van der Waals surface area (Å²) in [6.07, 6.45) is -0.829. The molecule has 29 heavy (non-hydrogen) atoms. The van der Waals surface area contributed by atoms with Gasteiger partial charge in [0.2, 0.25) is 5.78 Å². The maximum absolute atomic E-state index is 12.9. The number of carbonyl (C=O) groups is 2. The van der Waals surface area contributed by atoms with Gasteiger partial charge in [-0.05, 0) is 57.5 Å². The summed E-state index contributed by atoms with van der Waals surface area (Å²) in [6, 6.07) is 19.6. The van der Waals surface area contributed by atoms with Gasteiger partial charge in [0.15, 0.2) is 6.10 Å². The van der Waals surface area contributed by atoms with Crippen LogP contribution in [0.3, 0.4) is 0 Å². The Labute approximate surface area is 175 Å². The Morgan fingerprint density at radius 2 is 1.66 bits per heavy atom. The SMILES string of the molecule is Cc1ccccc1SCC(=O)O[C@H](C)C(=O)c1cc(C)n(-c2ccccc2)c1C. The smallest absolute Gasteiger partial charge is 0.316 e. The molecule has 0 aliphatic rings. The van der Waals surface area contributed by atoms with Gasteiger partial charge in [0.25, 0.3) is 0 Å². The maximum Gasteiger partial charge on any atom is 0.316 e. The second kappa shape index (κ2) is 9.14. The molecule has 0 radical (unpaired) electrons. The largest absolute Gasteiger partial charge is 0.454 e. The standard InChI is InChI=1S/C24H25NO3S/c1-16-10-8-9-13-22(16)29-15-23(26)28-19(4)24(27)21-14-17(2)25(18(21)3)20-11-6-5-7-12-20/h5-14,19H,15H2,1-4H3/t19-/m1/s1. The van der Waals surface area contributed by atoms with Crippen molar-refractivity contribution in [2.75, 3.05) is 5.75 Å². The zero-order valence-corrected chi connectivity index (χ0v) is 18.0. The molecule has 5 heteroatoms. The van der Waals surface area contributed by atoms with Crippen LogP contribution in [0.5, 0.6) is 0 Å². The number of ketones is 1. The van der Waals surface area contributed by atoms with Gasteiger partial charge in [-0.3, -0.25) is 9.59 Å². The Balaban J connectivity index is 1.67. The zero-order chi connectivity index (χ0) is 21.0. The van der Waals surface area contributed by atoms with Crippen LogP contribution < -0.4 is 0 Å². The first-order chi connectivity index (χ1) is 13.9. The Hall–Kier alpha value is -2.79. The number of carbonyl (C=O) groups excluding carboxylic acids is 2. The number of aryl methyl sites for hydroxylation is 2. The van der Waals surface area contributed by atoms with Crippen LogP contribution in [0.15, 0.2) is 65.6 Å². The van der Waals surface area contributed by atoms with Crippen LogP contribution in [0.25, 0.3) is 5.69 Å². The number of aromatic nitrogens is 1. The summed E-state index contributed by atoms with van der Waals surface area (Å²) >= 11 is 1.42. The van der Waals surface area contributed by atoms with Crippen molar-refractivity contribution in [1.82, 2.24) is 4.57 Å². The molecule has 0 N–H and O–H groups in total. The fourth-order valence-electron chi connectivity index (χ4n) is 3.35. The second-order valence-electron chi connectivity index (χ2n) is 7.01. The highest BCUT2D eigenvalue weighted by Gasteiger charge is 2.24. The average molecular weight is 408 g/mol. The van der Waals surface area contributed by atoms with Gasteiger partial charge in [-0.1, -0.05) is 36.4 Å². The lowest BCUT2D eigenvalue weighted by Gasteiger charge is -2.13. The molecular formula is C24H25NO3S. The molecular weight excluding hydrogens is 382 g/mol. The highest BCUT2D eigenvalue weighted by Crippen LogP contribution is 2.24. The molecule has 0 aliphatic heterocycles. The van der Waals surface area contributed by atoms with Crippen molar-refractivity contribution in [3.8, 4) is 5.69 Å². The lowest BCUT2D eigenvalue weighted by atomic mass is 10.1. The number of para-hydroxylation sites is 1. The van der Waals surface area contributed by atoms with Crippen LogP contribution >= 0.6 is 11.8 Å². The second-order valence-corrected chi connectivity index (χ2v) is 8.02. The highest BCUT2D eigenvalue weighted by atomic mass is 32.2. The monoisotopic (exact) mass is 407 g/mol. The van der Waals surface area contributed by atoms with Gasteiger partial charge in [-0.25, -0.2) is 0 Å². The topological polar surface area (TPSA) is 48.3 Å². The number of nitrogens with zero attached hydrogens (tertiary/aromatic N) is 1. The number of hydrogen-bond acceptors (Lipinski definition) is 4. The highest BCUT2D eigenvalue weighted by molar-refractivity contribution is 8.00. The fourth-order valence-corrected chi connectivity index (χ4v) is 4.16. The van der Waals surface area contributed by atoms with Gasteiger partial charge in [0.05, 0.1) is 5.75 Å². The average Bonchev–Trinajstić information content (AvgIpc) is 3.01. The molecule has 1 aromatic heterocycles. The van der Waals surface area contributed by atoms with Crippen molar-refractivity contribution in [1.29, 1.82) is 0 Å². The Morgan fingerprint density at radius 3 is 2.34 bits per heavy atom. The van der Waals surface area contributed by atoms with E-state index in [0.717, 1.165) is 27.5 Å². The number of esters is 1. The summed E-state index contributed by atoms with van der Waals surface area (Å²) < 4.78 is 7.46. The van der Waals surface area contributed by atoms with Crippen LogP contribution in [0, 0.1) is 20.8 Å². The van der Waals surface area contributed by atoms with E-state index in [1.54, 1.807) is 6.92 Å². The van der Waals surface area contributed by atoms with E-state index in [0.29, 0.717) is 5.56 Å². The summed E-state index contributed by atoms with van der Waals surface area (Å²) in [5, 5.41) is 0. The van der Waals surface area contributed by atoms with E-state index >= 15 is 0 Å². The molecule has 0 amide bonds. The van der Waals surface area contributed by atoms with Crippen LogP contribution in [0.1, 0.15) is 34.2 Å². The predicted octanol–water partition coefficient (Wildman–Crippen LogP) is 5.31. The van der Waals surface area contributed by atoms with E-state index in [1.165, 1.54) is 11.8 Å². The fraction of sp³-hybridized carbons (Fsp3) is 0.250. The minimum atomic E-state index is -0.829. The van der Waals surface area contributed by atoms with Crippen molar-refractivity contribution in [3.05, 3.63) is 83.2 Å². The first-order valence-electron chi connectivity index (χ1n) is 9.55. The molecule has 4 nitrogen and oxygen atoms in total. The van der Waals surface area contributed by atoms with Gasteiger partial charge in [0.1, 0.15) is 0 Å². The molecule has 0 spiro atoms. The molecule has 150 valence electrons. The Bertz CT molecular complexity index is 1020. The van der Waals surface area contributed by atoms with Gasteiger partial charge >= 0.3 is 5.97 Å². The van der Waals surface area contributed by atoms with Crippen LogP contribution in [-0.2, 0) is 9.53 Å². The van der Waals surface area contributed by atoms with E-state index < -0.39 is 12.1 Å². The van der Waals surface area contributed by atoms with E-state index in [1.807, 2.05) is 86.0 Å². The van der Waals surface area contributed by atoms with E-state index in [4.69, 9.17) is 4.74 Å². The summed E-state index contributed by atoms with van der Waals surface area (Å²) in [4.78, 5) is 26.2. The number of Topliss-reactive ketones (excluding diaryl/α,β-unsaturated/α-hetero) is 1. The van der Waals surface area contributed by atoms with Crippen molar-refractivity contribution < 1.29 is 14.3 Å². The summed E-state index contributed by atoms with van der Waals surface area (Å²) in [5.74, 6) is -0.406. The van der Waals surface area contributed by atoms with Crippen LogP contribution in [0.2, 0.25) is 0 Å². The van der Waals surface area contributed by atoms with Crippen LogP contribution in [0.4, 0.5) is 0 Å². The Kier molecular flexibility index (Phi) is 6.60. The summed E-state index contributed by atoms with van der Waals surface area (Å²) in [7, 11) is 0. The van der Waals surface area contributed by atoms with Crippen molar-refractivity contribution in [3.63, 3.8) is 0 Å².